The molecule has 9 heteroatoms. The van der Waals surface area contributed by atoms with Crippen molar-refractivity contribution in [3.8, 4) is 40.0 Å². The molecule has 1 N–H and O–H groups in total. The molecule has 0 amide bonds. The van der Waals surface area contributed by atoms with Crippen molar-refractivity contribution in [2.45, 2.75) is 13.0 Å². The molecule has 0 saturated carbocycles. The summed E-state index contributed by atoms with van der Waals surface area (Å²) < 4.78 is 13.1. The van der Waals surface area contributed by atoms with Crippen LogP contribution in [0.25, 0.3) is 22.4 Å². The lowest BCUT2D eigenvalue weighted by atomic mass is 9.92. The van der Waals surface area contributed by atoms with Crippen LogP contribution in [0.1, 0.15) is 11.1 Å². The predicted molar refractivity (Wildman–Crippen MR) is 110 cm³/mol. The van der Waals surface area contributed by atoms with Crippen molar-refractivity contribution in [3.63, 3.8) is 0 Å². The summed E-state index contributed by atoms with van der Waals surface area (Å²) in [5.74, 6) is 1.34. The Bertz CT molecular complexity index is 1360. The molecule has 0 spiro atoms. The second kappa shape index (κ2) is 6.71. The molecule has 2 aliphatic rings. The van der Waals surface area contributed by atoms with Crippen LogP contribution >= 0.6 is 15.9 Å². The number of aromatic nitrogens is 1. The third kappa shape index (κ3) is 2.69. The number of pyridine rings is 1. The SMILES string of the molecule is N#Cc1c(-c2ccc(Br)c([N+](=O)[O-])c2)cc2n(c1=N)CCc1cc3c(cc1-2)OCO3. The third-order valence-corrected chi connectivity index (χ3v) is 6.06. The molecule has 3 heterocycles. The smallest absolute Gasteiger partial charge is 0.284 e. The molecular formula is C21H13BrN4O4. The summed E-state index contributed by atoms with van der Waals surface area (Å²) in [6, 6.07) is 12.5. The number of fused-ring (bicyclic) bond motifs is 4. The highest BCUT2D eigenvalue weighted by molar-refractivity contribution is 9.10. The molecule has 2 aliphatic heterocycles. The molecule has 148 valence electrons. The van der Waals surface area contributed by atoms with Crippen molar-refractivity contribution in [2.24, 2.45) is 0 Å². The Morgan fingerprint density at radius 1 is 1.17 bits per heavy atom. The number of nitrogens with zero attached hydrogens (tertiary/aromatic N) is 3. The number of rotatable bonds is 2. The lowest BCUT2D eigenvalue weighted by Gasteiger charge is -2.24. The van der Waals surface area contributed by atoms with E-state index < -0.39 is 4.92 Å². The van der Waals surface area contributed by atoms with Crippen molar-refractivity contribution in [3.05, 3.63) is 67.6 Å². The normalized spacial score (nSPS) is 13.3. The van der Waals surface area contributed by atoms with Gasteiger partial charge in [-0.1, -0.05) is 6.07 Å². The minimum atomic E-state index is -0.482. The highest BCUT2D eigenvalue weighted by atomic mass is 79.9. The zero-order valence-corrected chi connectivity index (χ0v) is 17.0. The maximum absolute atomic E-state index is 11.4. The van der Waals surface area contributed by atoms with Crippen LogP contribution in [0.4, 0.5) is 5.69 Å². The van der Waals surface area contributed by atoms with Gasteiger partial charge in [-0.15, -0.1) is 0 Å². The number of nitro groups is 1. The van der Waals surface area contributed by atoms with Gasteiger partial charge in [-0.25, -0.2) is 0 Å². The maximum Gasteiger partial charge on any atom is 0.284 e. The fourth-order valence-electron chi connectivity index (χ4n) is 3.95. The first-order valence-electron chi connectivity index (χ1n) is 9.07. The van der Waals surface area contributed by atoms with Crippen LogP contribution < -0.4 is 15.0 Å². The Hall–Kier alpha value is -3.64. The first-order valence-corrected chi connectivity index (χ1v) is 9.87. The number of nitrogens with one attached hydrogen (secondary N) is 1. The molecule has 3 aromatic rings. The van der Waals surface area contributed by atoms with E-state index in [1.807, 2.05) is 18.2 Å². The first-order chi connectivity index (χ1) is 14.5. The van der Waals surface area contributed by atoms with E-state index in [-0.39, 0.29) is 23.5 Å². The van der Waals surface area contributed by atoms with Gasteiger partial charge in [0, 0.05) is 23.7 Å². The number of halogens is 1. The van der Waals surface area contributed by atoms with Crippen LogP contribution in [-0.4, -0.2) is 16.3 Å². The standard InChI is InChI=1S/C21H13BrN4O4/c22-16-2-1-11(5-18(16)26(27)28)13-7-17-14-8-20-19(29-10-30-20)6-12(14)3-4-25(17)21(24)15(13)9-23/h1-2,5-8,24H,3-4,10H2. The van der Waals surface area contributed by atoms with Gasteiger partial charge >= 0.3 is 0 Å². The predicted octanol–water partition coefficient (Wildman–Crippen LogP) is 4.13. The van der Waals surface area contributed by atoms with E-state index in [0.29, 0.717) is 40.1 Å². The Kier molecular flexibility index (Phi) is 4.11. The van der Waals surface area contributed by atoms with Gasteiger partial charge in [0.2, 0.25) is 6.79 Å². The fraction of sp³-hybridized carbons (Fsp3) is 0.143. The number of benzene rings is 2. The molecule has 0 atom stereocenters. The molecule has 0 aliphatic carbocycles. The van der Waals surface area contributed by atoms with Crippen LogP contribution in [0.15, 0.2) is 40.9 Å². The highest BCUT2D eigenvalue weighted by Gasteiger charge is 2.25. The lowest BCUT2D eigenvalue weighted by Crippen LogP contribution is -2.28. The maximum atomic E-state index is 11.4. The summed E-state index contributed by atoms with van der Waals surface area (Å²) in [5, 5.41) is 29.8. The molecule has 0 bridgehead atoms. The van der Waals surface area contributed by atoms with E-state index >= 15 is 0 Å². The average molecular weight is 465 g/mol. The molecule has 8 nitrogen and oxygen atoms in total. The van der Waals surface area contributed by atoms with Crippen LogP contribution in [-0.2, 0) is 13.0 Å². The Balaban J connectivity index is 1.78. The van der Waals surface area contributed by atoms with Crippen molar-refractivity contribution in [1.82, 2.24) is 4.57 Å². The number of aryl methyl sites for hydroxylation is 1. The summed E-state index contributed by atoms with van der Waals surface area (Å²) in [4.78, 5) is 10.9. The van der Waals surface area contributed by atoms with Crippen molar-refractivity contribution >= 4 is 21.6 Å². The van der Waals surface area contributed by atoms with E-state index in [1.165, 1.54) is 6.07 Å². The van der Waals surface area contributed by atoms with Crippen molar-refractivity contribution in [1.29, 1.82) is 10.7 Å². The first kappa shape index (κ1) is 18.4. The quantitative estimate of drug-likeness (QED) is 0.452. The van der Waals surface area contributed by atoms with Crippen molar-refractivity contribution < 1.29 is 14.4 Å². The van der Waals surface area contributed by atoms with E-state index in [0.717, 1.165) is 16.8 Å². The van der Waals surface area contributed by atoms with Gasteiger partial charge < -0.3 is 14.0 Å². The average Bonchev–Trinajstić information content (AvgIpc) is 3.19. The molecule has 5 rings (SSSR count). The highest BCUT2D eigenvalue weighted by Crippen LogP contribution is 2.42. The van der Waals surface area contributed by atoms with Gasteiger partial charge in [0.05, 0.1) is 15.1 Å². The van der Waals surface area contributed by atoms with Crippen molar-refractivity contribution in [2.75, 3.05) is 6.79 Å². The van der Waals surface area contributed by atoms with Gasteiger partial charge in [0.15, 0.2) is 11.5 Å². The minimum absolute atomic E-state index is 0.0823. The molecule has 2 aromatic carbocycles. The summed E-state index contributed by atoms with van der Waals surface area (Å²) in [7, 11) is 0. The van der Waals surface area contributed by atoms with E-state index in [2.05, 4.69) is 22.0 Å². The lowest BCUT2D eigenvalue weighted by molar-refractivity contribution is -0.385. The summed E-state index contributed by atoms with van der Waals surface area (Å²) in [6.07, 6.45) is 0.698. The molecule has 0 radical (unpaired) electrons. The summed E-state index contributed by atoms with van der Waals surface area (Å²) >= 11 is 3.19. The molecule has 30 heavy (non-hydrogen) atoms. The van der Waals surface area contributed by atoms with Crippen LogP contribution in [0.5, 0.6) is 11.5 Å². The number of ether oxygens (including phenoxy) is 2. The van der Waals surface area contributed by atoms with Gasteiger partial charge in [-0.3, -0.25) is 15.5 Å². The van der Waals surface area contributed by atoms with Gasteiger partial charge in [-0.05, 0) is 57.7 Å². The van der Waals surface area contributed by atoms with Gasteiger partial charge in [0.25, 0.3) is 5.69 Å². The van der Waals surface area contributed by atoms with Crippen LogP contribution in [0, 0.1) is 26.9 Å². The van der Waals surface area contributed by atoms with Gasteiger partial charge in [-0.2, -0.15) is 5.26 Å². The van der Waals surface area contributed by atoms with Crippen LogP contribution in [0.3, 0.4) is 0 Å². The molecule has 0 saturated heterocycles. The summed E-state index contributed by atoms with van der Waals surface area (Å²) in [6.45, 7) is 0.722. The molecular weight excluding hydrogens is 452 g/mol. The topological polar surface area (TPSA) is 114 Å². The molecule has 0 fully saturated rings. The monoisotopic (exact) mass is 464 g/mol. The number of hydrogen-bond acceptors (Lipinski definition) is 6. The summed E-state index contributed by atoms with van der Waals surface area (Å²) in [5.41, 5.74) is 3.88. The number of nitro benzene ring substituents is 1. The zero-order chi connectivity index (χ0) is 21.0. The van der Waals surface area contributed by atoms with Gasteiger partial charge in [0.1, 0.15) is 17.1 Å². The molecule has 1 aromatic heterocycles. The Morgan fingerprint density at radius 3 is 2.67 bits per heavy atom. The number of nitriles is 1. The second-order valence-corrected chi connectivity index (χ2v) is 7.82. The minimum Gasteiger partial charge on any atom is -0.454 e. The Labute approximate surface area is 178 Å². The van der Waals surface area contributed by atoms with E-state index in [4.69, 9.17) is 14.9 Å². The molecule has 0 unspecified atom stereocenters. The van der Waals surface area contributed by atoms with Crippen LogP contribution in [0.2, 0.25) is 0 Å². The zero-order valence-electron chi connectivity index (χ0n) is 15.4. The fourth-order valence-corrected chi connectivity index (χ4v) is 4.34. The van der Waals surface area contributed by atoms with E-state index in [9.17, 15) is 15.4 Å². The number of hydrogen-bond donors (Lipinski definition) is 1. The Morgan fingerprint density at radius 2 is 1.93 bits per heavy atom. The van der Waals surface area contributed by atoms with E-state index in [1.54, 1.807) is 16.7 Å². The second-order valence-electron chi connectivity index (χ2n) is 6.97. The third-order valence-electron chi connectivity index (χ3n) is 5.39. The largest absolute Gasteiger partial charge is 0.454 e.